The standard InChI is InChI=1S/C32H32ClN5O3/c33-26-13-7-12-24-23(16-17-35-29(24)26)28(21-10-5-2-6-11-21)31(39)38-30(34)25-18-22(14-15-27(25)37-38)36-32(40)41-19-20-8-3-1-4-9-20/h1-13,22-23,28,35H,14-19,34H2,(H,36,40)/t22-,23-,28?/m0/s1. The minimum atomic E-state index is -0.499. The van der Waals surface area contributed by atoms with Gasteiger partial charge in [0.25, 0.3) is 5.91 Å². The molecular weight excluding hydrogens is 538 g/mol. The SMILES string of the molecule is Nc1c2c(nn1C(=O)C(c1ccccc1)[C@H]1CCNc3c(Cl)cccc31)CC[C@H](NC(=O)OCc1ccccc1)C2. The first-order valence-corrected chi connectivity index (χ1v) is 14.3. The van der Waals surface area contributed by atoms with E-state index in [0.29, 0.717) is 36.6 Å². The molecule has 1 unspecified atom stereocenters. The molecule has 0 saturated carbocycles. The number of carbonyl (C=O) groups excluding carboxylic acids is 2. The maximum Gasteiger partial charge on any atom is 0.407 e. The summed E-state index contributed by atoms with van der Waals surface area (Å²) in [5, 5.41) is 11.7. The summed E-state index contributed by atoms with van der Waals surface area (Å²) < 4.78 is 6.79. The fourth-order valence-corrected chi connectivity index (χ4v) is 6.29. The van der Waals surface area contributed by atoms with Crippen LogP contribution in [0.25, 0.3) is 0 Å². The van der Waals surface area contributed by atoms with Gasteiger partial charge >= 0.3 is 6.09 Å². The molecule has 1 aliphatic heterocycles. The van der Waals surface area contributed by atoms with Gasteiger partial charge in [-0.25, -0.2) is 4.79 Å². The van der Waals surface area contributed by atoms with Crippen LogP contribution < -0.4 is 16.4 Å². The van der Waals surface area contributed by atoms with Crippen molar-refractivity contribution in [3.8, 4) is 0 Å². The number of nitrogens with one attached hydrogen (secondary N) is 2. The highest BCUT2D eigenvalue weighted by molar-refractivity contribution is 6.33. The number of hydrogen-bond donors (Lipinski definition) is 3. The zero-order chi connectivity index (χ0) is 28.3. The summed E-state index contributed by atoms with van der Waals surface area (Å²) >= 11 is 6.53. The molecule has 9 heteroatoms. The molecule has 1 amide bonds. The first-order chi connectivity index (χ1) is 20.0. The lowest BCUT2D eigenvalue weighted by Gasteiger charge is -2.33. The average molecular weight is 570 g/mol. The zero-order valence-electron chi connectivity index (χ0n) is 22.6. The third-order valence-electron chi connectivity index (χ3n) is 8.06. The summed E-state index contributed by atoms with van der Waals surface area (Å²) in [6, 6.07) is 25.0. The van der Waals surface area contributed by atoms with E-state index < -0.39 is 12.0 Å². The van der Waals surface area contributed by atoms with Crippen molar-refractivity contribution in [2.24, 2.45) is 0 Å². The number of para-hydroxylation sites is 1. The largest absolute Gasteiger partial charge is 0.445 e. The lowest BCUT2D eigenvalue weighted by atomic mass is 9.76. The smallest absolute Gasteiger partial charge is 0.407 e. The molecule has 2 heterocycles. The predicted molar refractivity (Wildman–Crippen MR) is 159 cm³/mol. The summed E-state index contributed by atoms with van der Waals surface area (Å²) in [7, 11) is 0. The summed E-state index contributed by atoms with van der Waals surface area (Å²) in [4.78, 5) is 26.8. The van der Waals surface area contributed by atoms with Gasteiger partial charge in [0.15, 0.2) is 0 Å². The van der Waals surface area contributed by atoms with E-state index in [9.17, 15) is 9.59 Å². The van der Waals surface area contributed by atoms with Gasteiger partial charge in [0.2, 0.25) is 0 Å². The Morgan fingerprint density at radius 1 is 1.05 bits per heavy atom. The van der Waals surface area contributed by atoms with E-state index >= 15 is 0 Å². The van der Waals surface area contributed by atoms with E-state index in [1.54, 1.807) is 0 Å². The van der Waals surface area contributed by atoms with Crippen LogP contribution in [0.4, 0.5) is 16.3 Å². The maximum absolute atomic E-state index is 14.3. The van der Waals surface area contributed by atoms with Crippen LogP contribution in [0.5, 0.6) is 0 Å². The first kappa shape index (κ1) is 26.9. The molecule has 0 spiro atoms. The number of rotatable bonds is 6. The minimum absolute atomic E-state index is 0.103. The highest BCUT2D eigenvalue weighted by atomic mass is 35.5. The molecule has 1 aromatic heterocycles. The van der Waals surface area contributed by atoms with Crippen LogP contribution in [0.3, 0.4) is 0 Å². The van der Waals surface area contributed by atoms with Crippen LogP contribution in [0.15, 0.2) is 78.9 Å². The molecule has 6 rings (SSSR count). The van der Waals surface area contributed by atoms with Crippen LogP contribution >= 0.6 is 11.6 Å². The molecule has 41 heavy (non-hydrogen) atoms. The van der Waals surface area contributed by atoms with Crippen LogP contribution in [-0.2, 0) is 24.2 Å². The highest BCUT2D eigenvalue weighted by Crippen LogP contribution is 2.45. The van der Waals surface area contributed by atoms with Crippen LogP contribution in [0.1, 0.15) is 57.4 Å². The molecule has 1 aliphatic carbocycles. The van der Waals surface area contributed by atoms with Crippen LogP contribution in [0.2, 0.25) is 5.02 Å². The van der Waals surface area contributed by atoms with E-state index in [1.165, 1.54) is 4.68 Å². The molecular formula is C32H32ClN5O3. The number of aromatic nitrogens is 2. The van der Waals surface area contributed by atoms with E-state index in [-0.39, 0.29) is 24.5 Å². The fourth-order valence-electron chi connectivity index (χ4n) is 6.05. The van der Waals surface area contributed by atoms with Gasteiger partial charge in [-0.2, -0.15) is 9.78 Å². The Bertz CT molecular complexity index is 1560. The number of hydrogen-bond acceptors (Lipinski definition) is 6. The summed E-state index contributed by atoms with van der Waals surface area (Å²) in [5.41, 5.74) is 11.9. The van der Waals surface area contributed by atoms with Crippen molar-refractivity contribution in [3.05, 3.63) is 112 Å². The number of anilines is 2. The summed E-state index contributed by atoms with van der Waals surface area (Å²) in [6.45, 7) is 0.905. The van der Waals surface area contributed by atoms with E-state index in [0.717, 1.165) is 40.1 Å². The molecule has 0 bridgehead atoms. The Kier molecular flexibility index (Phi) is 7.65. The number of nitrogen functional groups attached to an aromatic ring is 1. The molecule has 0 fully saturated rings. The van der Waals surface area contributed by atoms with E-state index in [2.05, 4.69) is 10.6 Å². The topological polar surface area (TPSA) is 111 Å². The molecule has 210 valence electrons. The Labute approximate surface area is 243 Å². The third-order valence-corrected chi connectivity index (χ3v) is 8.37. The number of nitrogens with zero attached hydrogens (tertiary/aromatic N) is 2. The predicted octanol–water partition coefficient (Wildman–Crippen LogP) is 5.93. The maximum atomic E-state index is 14.3. The Morgan fingerprint density at radius 3 is 2.59 bits per heavy atom. The molecule has 0 radical (unpaired) electrons. The number of ether oxygens (including phenoxy) is 1. The molecule has 4 N–H and O–H groups in total. The second-order valence-electron chi connectivity index (χ2n) is 10.6. The summed E-state index contributed by atoms with van der Waals surface area (Å²) in [5.74, 6) is -0.446. The number of halogens is 1. The van der Waals surface area contributed by atoms with Gasteiger partial charge in [0.1, 0.15) is 12.4 Å². The Hall–Kier alpha value is -4.30. The highest BCUT2D eigenvalue weighted by Gasteiger charge is 2.38. The van der Waals surface area contributed by atoms with Crippen molar-refractivity contribution in [1.82, 2.24) is 15.1 Å². The molecule has 4 aromatic rings. The van der Waals surface area contributed by atoms with Crippen molar-refractivity contribution < 1.29 is 14.3 Å². The van der Waals surface area contributed by atoms with Crippen molar-refractivity contribution in [1.29, 1.82) is 0 Å². The third kappa shape index (κ3) is 5.52. The average Bonchev–Trinajstić information content (AvgIpc) is 3.33. The normalized spacial score (nSPS) is 18.4. The number of benzene rings is 3. The summed E-state index contributed by atoms with van der Waals surface area (Å²) in [6.07, 6.45) is 2.05. The van der Waals surface area contributed by atoms with Gasteiger partial charge in [-0.3, -0.25) is 4.79 Å². The second-order valence-corrected chi connectivity index (χ2v) is 11.0. The van der Waals surface area contributed by atoms with Crippen LogP contribution in [-0.4, -0.2) is 34.4 Å². The molecule has 0 saturated heterocycles. The number of nitrogens with two attached hydrogens (primary N) is 1. The van der Waals surface area contributed by atoms with E-state index in [4.69, 9.17) is 27.2 Å². The number of fused-ring (bicyclic) bond motifs is 2. The van der Waals surface area contributed by atoms with Gasteiger partial charge in [-0.1, -0.05) is 84.4 Å². The first-order valence-electron chi connectivity index (χ1n) is 13.9. The molecule has 3 atom stereocenters. The van der Waals surface area contributed by atoms with Crippen molar-refractivity contribution in [3.63, 3.8) is 0 Å². The molecule has 2 aliphatic rings. The molecule has 8 nitrogen and oxygen atoms in total. The van der Waals surface area contributed by atoms with Crippen LogP contribution in [0, 0.1) is 0 Å². The fraction of sp³-hybridized carbons (Fsp3) is 0.281. The quantitative estimate of drug-likeness (QED) is 0.265. The number of alkyl carbamates (subject to hydrolysis) is 1. The lowest BCUT2D eigenvalue weighted by molar-refractivity contribution is 0.0847. The molecule has 3 aromatic carbocycles. The van der Waals surface area contributed by atoms with Gasteiger partial charge in [0, 0.05) is 24.1 Å². The Morgan fingerprint density at radius 2 is 1.80 bits per heavy atom. The van der Waals surface area contributed by atoms with E-state index in [1.807, 2.05) is 78.9 Å². The Balaban J connectivity index is 1.24. The van der Waals surface area contributed by atoms with Crippen molar-refractivity contribution in [2.75, 3.05) is 17.6 Å². The minimum Gasteiger partial charge on any atom is -0.445 e. The van der Waals surface area contributed by atoms with Crippen molar-refractivity contribution >= 4 is 35.1 Å². The second kappa shape index (κ2) is 11.7. The van der Waals surface area contributed by atoms with Gasteiger partial charge in [-0.15, -0.1) is 0 Å². The number of aryl methyl sites for hydroxylation is 1. The number of amides is 1. The van der Waals surface area contributed by atoms with Gasteiger partial charge in [-0.05, 0) is 48.4 Å². The van der Waals surface area contributed by atoms with Gasteiger partial charge < -0.3 is 21.1 Å². The monoisotopic (exact) mass is 569 g/mol. The van der Waals surface area contributed by atoms with Gasteiger partial charge in [0.05, 0.1) is 22.3 Å². The van der Waals surface area contributed by atoms with Crippen molar-refractivity contribution in [2.45, 2.75) is 50.2 Å². The zero-order valence-corrected chi connectivity index (χ0v) is 23.3. The lowest BCUT2D eigenvalue weighted by Crippen LogP contribution is -2.39. The number of carbonyl (C=O) groups is 2.